The van der Waals surface area contributed by atoms with E-state index in [1.807, 2.05) is 0 Å². The molecule has 0 heterocycles. The van der Waals surface area contributed by atoms with Gasteiger partial charge in [0.25, 0.3) is 0 Å². The number of hydrogen-bond acceptors (Lipinski definition) is 5. The Morgan fingerprint density at radius 1 is 1.07 bits per heavy atom. The molecule has 0 saturated heterocycles. The summed E-state index contributed by atoms with van der Waals surface area (Å²) in [4.78, 5) is 13.7. The van der Waals surface area contributed by atoms with Crippen molar-refractivity contribution in [1.29, 1.82) is 0 Å². The highest BCUT2D eigenvalue weighted by Gasteiger charge is 2.18. The van der Waals surface area contributed by atoms with Crippen LogP contribution in [0, 0.1) is 6.92 Å². The molecule has 0 spiro atoms. The van der Waals surface area contributed by atoms with Gasteiger partial charge in [-0.3, -0.25) is 4.79 Å². The molecule has 0 aliphatic carbocycles. The first-order valence-corrected chi connectivity index (χ1v) is 9.83. The Morgan fingerprint density at radius 2 is 1.74 bits per heavy atom. The molecular weight excluding hydrogens is 368 g/mol. The van der Waals surface area contributed by atoms with Gasteiger partial charge in [0, 0.05) is 31.8 Å². The van der Waals surface area contributed by atoms with Gasteiger partial charge in [0.05, 0.1) is 19.1 Å². The van der Waals surface area contributed by atoms with Gasteiger partial charge in [-0.25, -0.2) is 13.1 Å². The van der Waals surface area contributed by atoms with E-state index < -0.39 is 10.0 Å². The molecule has 0 aliphatic heterocycles. The van der Waals surface area contributed by atoms with Crippen molar-refractivity contribution in [3.8, 4) is 11.5 Å². The van der Waals surface area contributed by atoms with Crippen LogP contribution in [0.5, 0.6) is 11.5 Å². The van der Waals surface area contributed by atoms with Crippen LogP contribution in [0.25, 0.3) is 0 Å². The zero-order chi connectivity index (χ0) is 20.0. The van der Waals surface area contributed by atoms with Crippen LogP contribution in [0.1, 0.15) is 12.5 Å². The van der Waals surface area contributed by atoms with Crippen LogP contribution in [0.3, 0.4) is 0 Å². The average Bonchev–Trinajstić information content (AvgIpc) is 2.64. The molecule has 0 bridgehead atoms. The largest absolute Gasteiger partial charge is 0.497 e. The van der Waals surface area contributed by atoms with Gasteiger partial charge in [0.15, 0.2) is 0 Å². The molecule has 1 N–H and O–H groups in total. The first-order chi connectivity index (χ1) is 12.8. The summed E-state index contributed by atoms with van der Waals surface area (Å²) in [7, 11) is -0.632. The second kappa shape index (κ2) is 8.88. The molecule has 0 aliphatic rings. The van der Waals surface area contributed by atoms with Gasteiger partial charge in [-0.05, 0) is 42.8 Å². The summed E-state index contributed by atoms with van der Waals surface area (Å²) >= 11 is 0. The highest BCUT2D eigenvalue weighted by molar-refractivity contribution is 7.89. The van der Waals surface area contributed by atoms with E-state index in [1.54, 1.807) is 50.4 Å². The summed E-state index contributed by atoms with van der Waals surface area (Å²) in [5.74, 6) is 1.02. The molecule has 2 aromatic carbocycles. The first kappa shape index (κ1) is 20.7. The highest BCUT2D eigenvalue weighted by atomic mass is 32.2. The first-order valence-electron chi connectivity index (χ1n) is 8.35. The van der Waals surface area contributed by atoms with Gasteiger partial charge in [-0.1, -0.05) is 6.07 Å². The van der Waals surface area contributed by atoms with Crippen molar-refractivity contribution in [1.82, 2.24) is 4.72 Å². The van der Waals surface area contributed by atoms with Crippen molar-refractivity contribution in [2.24, 2.45) is 0 Å². The molecule has 27 heavy (non-hydrogen) atoms. The molecule has 2 rings (SSSR count). The summed E-state index contributed by atoms with van der Waals surface area (Å²) in [6.07, 6.45) is 0. The summed E-state index contributed by atoms with van der Waals surface area (Å²) in [6, 6.07) is 11.8. The molecule has 0 fully saturated rings. The zero-order valence-electron chi connectivity index (χ0n) is 15.9. The summed E-state index contributed by atoms with van der Waals surface area (Å²) in [5, 5.41) is 0. The molecule has 146 valence electrons. The molecule has 0 radical (unpaired) electrons. The Labute approximate surface area is 160 Å². The van der Waals surface area contributed by atoms with Crippen molar-refractivity contribution in [3.05, 3.63) is 48.0 Å². The lowest BCUT2D eigenvalue weighted by atomic mass is 10.2. The number of ether oxygens (including phenoxy) is 2. The summed E-state index contributed by atoms with van der Waals surface area (Å²) in [6.45, 7) is 3.40. The number of carbonyl (C=O) groups is 1. The number of anilines is 1. The molecular formula is C19H24N2O5S. The van der Waals surface area contributed by atoms with E-state index in [-0.39, 0.29) is 23.9 Å². The van der Waals surface area contributed by atoms with Crippen LogP contribution < -0.4 is 19.1 Å². The van der Waals surface area contributed by atoms with E-state index in [0.29, 0.717) is 22.7 Å². The SMILES string of the molecule is COc1cccc(N(CCNS(=O)(=O)c2ccc(OC)cc2C)C(C)=O)c1. The quantitative estimate of drug-likeness (QED) is 0.745. The minimum Gasteiger partial charge on any atom is -0.497 e. The predicted octanol–water partition coefficient (Wildman–Crippen LogP) is 2.34. The second-order valence-electron chi connectivity index (χ2n) is 5.90. The number of benzene rings is 2. The van der Waals surface area contributed by atoms with Crippen LogP contribution in [0.15, 0.2) is 47.4 Å². The number of carbonyl (C=O) groups excluding carboxylic acids is 1. The van der Waals surface area contributed by atoms with Crippen LogP contribution >= 0.6 is 0 Å². The molecule has 0 atom stereocenters. The number of aryl methyl sites for hydroxylation is 1. The molecule has 7 nitrogen and oxygen atoms in total. The lowest BCUT2D eigenvalue weighted by molar-refractivity contribution is -0.116. The number of methoxy groups -OCH3 is 2. The molecule has 2 aromatic rings. The fraction of sp³-hybridized carbons (Fsp3) is 0.316. The van der Waals surface area contributed by atoms with E-state index in [4.69, 9.17) is 9.47 Å². The van der Waals surface area contributed by atoms with Gasteiger partial charge < -0.3 is 14.4 Å². The lowest BCUT2D eigenvalue weighted by Gasteiger charge is -2.22. The Morgan fingerprint density at radius 3 is 2.33 bits per heavy atom. The third-order valence-corrected chi connectivity index (χ3v) is 5.67. The fourth-order valence-corrected chi connectivity index (χ4v) is 3.91. The number of amides is 1. The third kappa shape index (κ3) is 5.21. The smallest absolute Gasteiger partial charge is 0.240 e. The standard InChI is InChI=1S/C19H24N2O5S/c1-14-12-18(26-4)8-9-19(14)27(23,24)20-10-11-21(15(2)22)16-6-5-7-17(13-16)25-3/h5-9,12-13,20H,10-11H2,1-4H3. The Bertz CT molecular complexity index is 912. The van der Waals surface area contributed by atoms with E-state index in [9.17, 15) is 13.2 Å². The molecule has 0 aromatic heterocycles. The fourth-order valence-electron chi connectivity index (χ4n) is 2.67. The van der Waals surface area contributed by atoms with Crippen LogP contribution in [-0.2, 0) is 14.8 Å². The Kier molecular flexibility index (Phi) is 6.81. The minimum atomic E-state index is -3.70. The van der Waals surface area contributed by atoms with E-state index in [1.165, 1.54) is 25.0 Å². The normalized spacial score (nSPS) is 11.1. The number of nitrogens with one attached hydrogen (secondary N) is 1. The maximum absolute atomic E-state index is 12.6. The highest BCUT2D eigenvalue weighted by Crippen LogP contribution is 2.22. The van der Waals surface area contributed by atoms with Crippen molar-refractivity contribution in [3.63, 3.8) is 0 Å². The van der Waals surface area contributed by atoms with Crippen molar-refractivity contribution < 1.29 is 22.7 Å². The Hall–Kier alpha value is -2.58. The minimum absolute atomic E-state index is 0.0740. The van der Waals surface area contributed by atoms with Gasteiger partial charge in [0.2, 0.25) is 15.9 Å². The van der Waals surface area contributed by atoms with Crippen molar-refractivity contribution in [2.45, 2.75) is 18.7 Å². The topological polar surface area (TPSA) is 84.9 Å². The van der Waals surface area contributed by atoms with E-state index in [2.05, 4.69) is 4.72 Å². The van der Waals surface area contributed by atoms with Gasteiger partial charge >= 0.3 is 0 Å². The number of nitrogens with zero attached hydrogens (tertiary/aromatic N) is 1. The summed E-state index contributed by atoms with van der Waals surface area (Å²) in [5.41, 5.74) is 1.22. The molecule has 8 heteroatoms. The van der Waals surface area contributed by atoms with Gasteiger partial charge in [-0.15, -0.1) is 0 Å². The van der Waals surface area contributed by atoms with Crippen molar-refractivity contribution in [2.75, 3.05) is 32.2 Å². The van der Waals surface area contributed by atoms with E-state index >= 15 is 0 Å². The number of hydrogen-bond donors (Lipinski definition) is 1. The maximum Gasteiger partial charge on any atom is 0.240 e. The monoisotopic (exact) mass is 392 g/mol. The van der Waals surface area contributed by atoms with Crippen LogP contribution in [0.2, 0.25) is 0 Å². The number of sulfonamides is 1. The molecule has 0 saturated carbocycles. The maximum atomic E-state index is 12.6. The van der Waals surface area contributed by atoms with Gasteiger partial charge in [0.1, 0.15) is 11.5 Å². The lowest BCUT2D eigenvalue weighted by Crippen LogP contribution is -2.37. The zero-order valence-corrected chi connectivity index (χ0v) is 16.7. The number of rotatable bonds is 8. The van der Waals surface area contributed by atoms with E-state index in [0.717, 1.165) is 0 Å². The van der Waals surface area contributed by atoms with Crippen LogP contribution in [0.4, 0.5) is 5.69 Å². The Balaban J connectivity index is 2.11. The average molecular weight is 392 g/mol. The second-order valence-corrected chi connectivity index (χ2v) is 7.64. The van der Waals surface area contributed by atoms with Gasteiger partial charge in [-0.2, -0.15) is 0 Å². The molecule has 0 unspecified atom stereocenters. The molecule has 1 amide bonds. The van der Waals surface area contributed by atoms with Crippen LogP contribution in [-0.4, -0.2) is 41.6 Å². The summed E-state index contributed by atoms with van der Waals surface area (Å²) < 4.78 is 37.9. The predicted molar refractivity (Wildman–Crippen MR) is 104 cm³/mol. The van der Waals surface area contributed by atoms with Crippen molar-refractivity contribution >= 4 is 21.6 Å². The third-order valence-electron chi connectivity index (χ3n) is 4.04.